The lowest BCUT2D eigenvalue weighted by atomic mass is 10.1. The number of amides is 2. The lowest BCUT2D eigenvalue weighted by Gasteiger charge is -2.07. The van der Waals surface area contributed by atoms with E-state index in [0.29, 0.717) is 10.6 Å². The van der Waals surface area contributed by atoms with Crippen LogP contribution in [-0.2, 0) is 6.42 Å². The number of carbonyl (C=O) groups excluding carboxylic acids is 2. The molecule has 4 nitrogen and oxygen atoms in total. The van der Waals surface area contributed by atoms with E-state index in [9.17, 15) is 14.7 Å². The molecule has 0 atom stereocenters. The predicted molar refractivity (Wildman–Crippen MR) is 80.7 cm³/mol. The molecule has 0 saturated heterocycles. The molecule has 0 fully saturated rings. The van der Waals surface area contributed by atoms with Gasteiger partial charge in [-0.1, -0.05) is 30.7 Å². The molecule has 0 aliphatic rings. The molecule has 0 aliphatic heterocycles. The van der Waals surface area contributed by atoms with Crippen molar-refractivity contribution in [3.05, 3.63) is 64.2 Å². The molecule has 2 rings (SSSR count). The molecule has 2 aromatic rings. The van der Waals surface area contributed by atoms with Crippen LogP contribution in [0.4, 0.5) is 0 Å². The van der Waals surface area contributed by atoms with Gasteiger partial charge in [-0.3, -0.25) is 14.9 Å². The summed E-state index contributed by atoms with van der Waals surface area (Å²) in [6.45, 7) is 2.01. The highest BCUT2D eigenvalue weighted by Gasteiger charge is 2.15. The Bertz CT molecular complexity index is 680. The van der Waals surface area contributed by atoms with Gasteiger partial charge >= 0.3 is 0 Å². The summed E-state index contributed by atoms with van der Waals surface area (Å²) in [5.74, 6) is -1.45. The third-order valence-corrected chi connectivity index (χ3v) is 3.29. The quantitative estimate of drug-likeness (QED) is 0.856. The maximum absolute atomic E-state index is 12.0. The van der Waals surface area contributed by atoms with Crippen LogP contribution in [0.15, 0.2) is 42.5 Å². The number of phenolic OH excluding ortho intramolecular Hbond substituents is 1. The van der Waals surface area contributed by atoms with E-state index in [0.717, 1.165) is 12.0 Å². The first kappa shape index (κ1) is 15.1. The van der Waals surface area contributed by atoms with Crippen molar-refractivity contribution in [2.75, 3.05) is 0 Å². The largest absolute Gasteiger partial charge is 0.507 e. The van der Waals surface area contributed by atoms with E-state index in [2.05, 4.69) is 5.32 Å². The van der Waals surface area contributed by atoms with E-state index in [1.807, 2.05) is 19.1 Å². The van der Waals surface area contributed by atoms with Crippen molar-refractivity contribution in [3.63, 3.8) is 0 Å². The van der Waals surface area contributed by atoms with Crippen LogP contribution in [0.3, 0.4) is 0 Å². The number of nitrogens with one attached hydrogen (secondary N) is 1. The number of rotatable bonds is 3. The van der Waals surface area contributed by atoms with Gasteiger partial charge in [0.2, 0.25) is 0 Å². The number of aromatic hydroxyl groups is 1. The zero-order valence-corrected chi connectivity index (χ0v) is 12.1. The minimum atomic E-state index is -0.695. The van der Waals surface area contributed by atoms with E-state index in [1.165, 1.54) is 18.2 Å². The fourth-order valence-electron chi connectivity index (χ4n) is 1.82. The first-order chi connectivity index (χ1) is 10.0. The normalized spacial score (nSPS) is 10.2. The van der Waals surface area contributed by atoms with Gasteiger partial charge < -0.3 is 5.11 Å². The van der Waals surface area contributed by atoms with Gasteiger partial charge in [0.1, 0.15) is 5.75 Å². The van der Waals surface area contributed by atoms with Crippen molar-refractivity contribution in [1.29, 1.82) is 0 Å². The smallest absolute Gasteiger partial charge is 0.261 e. The lowest BCUT2D eigenvalue weighted by molar-refractivity contribution is 0.0848. The molecule has 0 spiro atoms. The second-order valence-electron chi connectivity index (χ2n) is 4.50. The van der Waals surface area contributed by atoms with E-state index in [1.54, 1.807) is 12.1 Å². The van der Waals surface area contributed by atoms with E-state index in [4.69, 9.17) is 11.6 Å². The van der Waals surface area contributed by atoms with Crippen molar-refractivity contribution in [3.8, 4) is 5.75 Å². The SMILES string of the molecule is CCc1ccc(C(=O)NC(=O)c2cc(Cl)ccc2O)cc1. The number of imide groups is 1. The molecule has 21 heavy (non-hydrogen) atoms. The average Bonchev–Trinajstić information content (AvgIpc) is 2.49. The third-order valence-electron chi connectivity index (χ3n) is 3.05. The summed E-state index contributed by atoms with van der Waals surface area (Å²) in [5.41, 5.74) is 1.44. The number of carbonyl (C=O) groups is 2. The van der Waals surface area contributed by atoms with Gasteiger partial charge in [0.15, 0.2) is 0 Å². The summed E-state index contributed by atoms with van der Waals surface area (Å²) in [6.07, 6.45) is 0.872. The lowest BCUT2D eigenvalue weighted by Crippen LogP contribution is -2.30. The maximum Gasteiger partial charge on any atom is 0.261 e. The predicted octanol–water partition coefficient (Wildman–Crippen LogP) is 3.18. The Kier molecular flexibility index (Phi) is 4.60. The molecule has 0 heterocycles. The number of halogens is 1. The Morgan fingerprint density at radius 3 is 2.38 bits per heavy atom. The van der Waals surface area contributed by atoms with E-state index < -0.39 is 11.8 Å². The first-order valence-electron chi connectivity index (χ1n) is 6.44. The van der Waals surface area contributed by atoms with Crippen molar-refractivity contribution in [1.82, 2.24) is 5.32 Å². The highest BCUT2D eigenvalue weighted by molar-refractivity contribution is 6.31. The van der Waals surface area contributed by atoms with Gasteiger partial charge in [-0.25, -0.2) is 0 Å². The number of benzene rings is 2. The maximum atomic E-state index is 12.0. The van der Waals surface area contributed by atoms with Crippen LogP contribution in [-0.4, -0.2) is 16.9 Å². The van der Waals surface area contributed by atoms with E-state index >= 15 is 0 Å². The Hall–Kier alpha value is -2.33. The van der Waals surface area contributed by atoms with Crippen LogP contribution >= 0.6 is 11.6 Å². The molecule has 2 N–H and O–H groups in total. The Labute approximate surface area is 127 Å². The van der Waals surface area contributed by atoms with Gasteiger partial charge in [0.05, 0.1) is 5.56 Å². The summed E-state index contributed by atoms with van der Waals surface area (Å²) in [7, 11) is 0. The van der Waals surface area contributed by atoms with Crippen LogP contribution in [0, 0.1) is 0 Å². The Balaban J connectivity index is 2.14. The van der Waals surface area contributed by atoms with Gasteiger partial charge in [-0.15, -0.1) is 0 Å². The number of hydrogen-bond acceptors (Lipinski definition) is 3. The number of hydrogen-bond donors (Lipinski definition) is 2. The summed E-state index contributed by atoms with van der Waals surface area (Å²) >= 11 is 5.77. The molecule has 0 saturated carbocycles. The second kappa shape index (κ2) is 6.41. The van der Waals surface area contributed by atoms with Gasteiger partial charge in [-0.2, -0.15) is 0 Å². The molecule has 5 heteroatoms. The molecule has 0 radical (unpaired) electrons. The molecule has 108 valence electrons. The minimum absolute atomic E-state index is 0.0407. The fraction of sp³-hybridized carbons (Fsp3) is 0.125. The molecule has 0 bridgehead atoms. The molecule has 2 amide bonds. The second-order valence-corrected chi connectivity index (χ2v) is 4.93. The van der Waals surface area contributed by atoms with Gasteiger partial charge in [0.25, 0.3) is 11.8 Å². The van der Waals surface area contributed by atoms with Crippen molar-refractivity contribution >= 4 is 23.4 Å². The van der Waals surface area contributed by atoms with Crippen molar-refractivity contribution in [2.45, 2.75) is 13.3 Å². The summed E-state index contributed by atoms with van der Waals surface area (Å²) < 4.78 is 0. The zero-order chi connectivity index (χ0) is 15.4. The Morgan fingerprint density at radius 1 is 1.10 bits per heavy atom. The third kappa shape index (κ3) is 3.61. The monoisotopic (exact) mass is 303 g/mol. The fourth-order valence-corrected chi connectivity index (χ4v) is 2.00. The highest BCUT2D eigenvalue weighted by atomic mass is 35.5. The summed E-state index contributed by atoms with van der Waals surface area (Å²) in [4.78, 5) is 24.0. The topological polar surface area (TPSA) is 66.4 Å². The van der Waals surface area contributed by atoms with Crippen molar-refractivity contribution < 1.29 is 14.7 Å². The van der Waals surface area contributed by atoms with Crippen LogP contribution in [0.1, 0.15) is 33.2 Å². The standard InChI is InChI=1S/C16H14ClNO3/c1-2-10-3-5-11(6-4-10)15(20)18-16(21)13-9-12(17)7-8-14(13)19/h3-9,19H,2H2,1H3,(H,18,20,21). The molecule has 0 unspecified atom stereocenters. The van der Waals surface area contributed by atoms with Crippen molar-refractivity contribution in [2.24, 2.45) is 0 Å². The molecular formula is C16H14ClNO3. The minimum Gasteiger partial charge on any atom is -0.507 e. The van der Waals surface area contributed by atoms with Gasteiger partial charge in [0, 0.05) is 10.6 Å². The first-order valence-corrected chi connectivity index (χ1v) is 6.82. The van der Waals surface area contributed by atoms with E-state index in [-0.39, 0.29) is 11.3 Å². The molecular weight excluding hydrogens is 290 g/mol. The van der Waals surface area contributed by atoms with Gasteiger partial charge in [-0.05, 0) is 42.3 Å². The molecule has 2 aromatic carbocycles. The van der Waals surface area contributed by atoms with Crippen LogP contribution in [0.25, 0.3) is 0 Å². The highest BCUT2D eigenvalue weighted by Crippen LogP contribution is 2.21. The number of phenols is 1. The summed E-state index contributed by atoms with van der Waals surface area (Å²) in [6, 6.07) is 11.0. The zero-order valence-electron chi connectivity index (χ0n) is 11.4. The van der Waals surface area contributed by atoms with Crippen LogP contribution in [0.2, 0.25) is 5.02 Å². The summed E-state index contributed by atoms with van der Waals surface area (Å²) in [5, 5.41) is 12.2. The van der Waals surface area contributed by atoms with Crippen LogP contribution < -0.4 is 5.32 Å². The molecule has 0 aliphatic carbocycles. The van der Waals surface area contributed by atoms with Crippen LogP contribution in [0.5, 0.6) is 5.75 Å². The molecule has 0 aromatic heterocycles. The number of aryl methyl sites for hydroxylation is 1. The Morgan fingerprint density at radius 2 is 1.76 bits per heavy atom. The average molecular weight is 304 g/mol.